The van der Waals surface area contributed by atoms with Crippen LogP contribution in [0.25, 0.3) is 11.0 Å². The summed E-state index contributed by atoms with van der Waals surface area (Å²) in [6, 6.07) is 3.35. The number of hydrogen-bond donors (Lipinski definition) is 2. The van der Waals surface area contributed by atoms with Gasteiger partial charge in [0.1, 0.15) is 23.8 Å². The monoisotopic (exact) mass is 403 g/mol. The molecule has 4 rings (SSSR count). The van der Waals surface area contributed by atoms with E-state index < -0.39 is 21.8 Å². The van der Waals surface area contributed by atoms with Crippen molar-refractivity contribution in [2.75, 3.05) is 24.5 Å². The third-order valence-corrected chi connectivity index (χ3v) is 7.36. The van der Waals surface area contributed by atoms with Gasteiger partial charge in [-0.1, -0.05) is 19.8 Å². The average molecular weight is 404 g/mol. The topological polar surface area (TPSA) is 118 Å². The Balaban J connectivity index is 1.52. The van der Waals surface area contributed by atoms with Gasteiger partial charge in [-0.3, -0.25) is 0 Å². The van der Waals surface area contributed by atoms with Crippen LogP contribution in [0.1, 0.15) is 39.0 Å². The highest BCUT2D eigenvalue weighted by Crippen LogP contribution is 2.46. The Bertz CT molecular complexity index is 993. The van der Waals surface area contributed by atoms with Crippen molar-refractivity contribution < 1.29 is 8.42 Å². The first-order valence-corrected chi connectivity index (χ1v) is 11.2. The lowest BCUT2D eigenvalue weighted by Crippen LogP contribution is -2.60. The molecule has 1 atom stereocenters. The van der Waals surface area contributed by atoms with Crippen LogP contribution in [0, 0.1) is 11.3 Å². The van der Waals surface area contributed by atoms with Crippen molar-refractivity contribution in [3.05, 3.63) is 18.6 Å². The van der Waals surface area contributed by atoms with Crippen LogP contribution in [0.15, 0.2) is 18.6 Å². The summed E-state index contributed by atoms with van der Waals surface area (Å²) in [6.07, 6.45) is 7.28. The molecule has 0 bridgehead atoms. The zero-order chi connectivity index (χ0) is 19.8. The number of fused-ring (bicyclic) bond motifs is 1. The Hall–Kier alpha value is -2.22. The van der Waals surface area contributed by atoms with Crippen LogP contribution in [0.2, 0.25) is 0 Å². The van der Waals surface area contributed by atoms with Crippen molar-refractivity contribution in [2.45, 2.75) is 50.6 Å². The standard InChI is InChI=1S/C18H25N7O2S/c1-2-3-4-14(11-19)23-28(26,27)25-10-9-24(12-18(25)6-7-18)17-15-5-8-20-16(15)21-13-22-17/h5,8,13-14,23H,2-4,6-7,9-10,12H2,1H3,(H,20,21,22). The van der Waals surface area contributed by atoms with Crippen molar-refractivity contribution in [1.82, 2.24) is 24.0 Å². The molecule has 3 heterocycles. The zero-order valence-corrected chi connectivity index (χ0v) is 16.7. The molecular weight excluding hydrogens is 378 g/mol. The molecule has 2 N–H and O–H groups in total. The van der Waals surface area contributed by atoms with Gasteiger partial charge in [0.15, 0.2) is 0 Å². The molecule has 1 aliphatic carbocycles. The summed E-state index contributed by atoms with van der Waals surface area (Å²) in [5.41, 5.74) is 0.363. The first-order valence-electron chi connectivity index (χ1n) is 9.72. The van der Waals surface area contributed by atoms with E-state index in [1.807, 2.05) is 19.2 Å². The number of aromatic amines is 1. The van der Waals surface area contributed by atoms with Crippen LogP contribution in [0.4, 0.5) is 5.82 Å². The van der Waals surface area contributed by atoms with Gasteiger partial charge in [-0.05, 0) is 25.3 Å². The number of H-pyrrole nitrogens is 1. The second kappa shape index (κ2) is 7.31. The van der Waals surface area contributed by atoms with E-state index in [-0.39, 0.29) is 0 Å². The third kappa shape index (κ3) is 3.45. The summed E-state index contributed by atoms with van der Waals surface area (Å²) < 4.78 is 30.2. The van der Waals surface area contributed by atoms with Gasteiger partial charge in [-0.15, -0.1) is 0 Å². The molecule has 10 heteroatoms. The van der Waals surface area contributed by atoms with Crippen molar-refractivity contribution in [2.24, 2.45) is 0 Å². The van der Waals surface area contributed by atoms with Gasteiger partial charge >= 0.3 is 0 Å². The van der Waals surface area contributed by atoms with E-state index in [1.54, 1.807) is 4.31 Å². The van der Waals surface area contributed by atoms with E-state index in [4.69, 9.17) is 0 Å². The lowest BCUT2D eigenvalue weighted by Gasteiger charge is -2.41. The molecule has 0 aromatic carbocycles. The van der Waals surface area contributed by atoms with Gasteiger partial charge in [0.05, 0.1) is 17.0 Å². The lowest BCUT2D eigenvalue weighted by molar-refractivity contribution is 0.266. The minimum Gasteiger partial charge on any atom is -0.353 e. The Morgan fingerprint density at radius 1 is 1.39 bits per heavy atom. The second-order valence-corrected chi connectivity index (χ2v) is 9.23. The molecule has 1 spiro atoms. The highest BCUT2D eigenvalue weighted by molar-refractivity contribution is 7.87. The van der Waals surface area contributed by atoms with E-state index in [2.05, 4.69) is 30.6 Å². The predicted molar refractivity (Wildman–Crippen MR) is 106 cm³/mol. The molecule has 150 valence electrons. The average Bonchev–Trinajstić information content (AvgIpc) is 3.26. The van der Waals surface area contributed by atoms with Gasteiger partial charge < -0.3 is 9.88 Å². The Morgan fingerprint density at radius 2 is 2.21 bits per heavy atom. The number of aromatic nitrogens is 3. The highest BCUT2D eigenvalue weighted by Gasteiger charge is 2.56. The van der Waals surface area contributed by atoms with E-state index in [1.165, 1.54) is 6.33 Å². The summed E-state index contributed by atoms with van der Waals surface area (Å²) >= 11 is 0. The number of rotatable bonds is 7. The SMILES string of the molecule is CCCCC(C#N)NS(=O)(=O)N1CCN(c2ncnc3[nH]ccc23)CC12CC2. The van der Waals surface area contributed by atoms with Gasteiger partial charge in [-0.2, -0.15) is 22.7 Å². The van der Waals surface area contributed by atoms with Gasteiger partial charge in [-0.25, -0.2) is 9.97 Å². The molecule has 1 aliphatic heterocycles. The summed E-state index contributed by atoms with van der Waals surface area (Å²) in [7, 11) is -3.71. The van der Waals surface area contributed by atoms with E-state index >= 15 is 0 Å². The molecule has 2 aromatic heterocycles. The Kier molecular flexibility index (Phi) is 4.99. The summed E-state index contributed by atoms with van der Waals surface area (Å²) in [4.78, 5) is 13.9. The minimum atomic E-state index is -3.71. The molecule has 1 saturated heterocycles. The second-order valence-electron chi connectivity index (χ2n) is 7.60. The summed E-state index contributed by atoms with van der Waals surface area (Å²) in [6.45, 7) is 3.54. The number of piperazine rings is 1. The maximum absolute atomic E-state index is 13.0. The van der Waals surface area contributed by atoms with Gasteiger partial charge in [0.2, 0.25) is 0 Å². The summed E-state index contributed by atoms with van der Waals surface area (Å²) in [5.74, 6) is 0.834. The van der Waals surface area contributed by atoms with Crippen LogP contribution in [-0.4, -0.2) is 58.9 Å². The van der Waals surface area contributed by atoms with E-state index in [9.17, 15) is 13.7 Å². The fourth-order valence-electron chi connectivity index (χ4n) is 3.98. The largest absolute Gasteiger partial charge is 0.353 e. The number of nitriles is 1. The van der Waals surface area contributed by atoms with Gasteiger partial charge in [0.25, 0.3) is 10.2 Å². The molecule has 0 radical (unpaired) electrons. The molecule has 2 aliphatic rings. The minimum absolute atomic E-state index is 0.372. The predicted octanol–water partition coefficient (Wildman–Crippen LogP) is 1.53. The number of hydrogen-bond acceptors (Lipinski definition) is 6. The van der Waals surface area contributed by atoms with Crippen molar-refractivity contribution in [1.29, 1.82) is 5.26 Å². The highest BCUT2D eigenvalue weighted by atomic mass is 32.2. The van der Waals surface area contributed by atoms with Crippen LogP contribution < -0.4 is 9.62 Å². The molecular formula is C18H25N7O2S. The number of unbranched alkanes of at least 4 members (excludes halogenated alkanes) is 1. The van der Waals surface area contributed by atoms with E-state index in [0.717, 1.165) is 42.5 Å². The number of anilines is 1. The van der Waals surface area contributed by atoms with Crippen molar-refractivity contribution >= 4 is 27.1 Å². The fourth-order valence-corrected chi connectivity index (χ4v) is 5.71. The third-order valence-electron chi connectivity index (χ3n) is 5.63. The molecule has 0 amide bonds. The van der Waals surface area contributed by atoms with Crippen LogP contribution in [0.3, 0.4) is 0 Å². The Morgan fingerprint density at radius 3 is 2.93 bits per heavy atom. The first-order chi connectivity index (χ1) is 13.5. The maximum Gasteiger partial charge on any atom is 0.281 e. The van der Waals surface area contributed by atoms with Crippen molar-refractivity contribution in [3.63, 3.8) is 0 Å². The molecule has 1 unspecified atom stereocenters. The fraction of sp³-hybridized carbons (Fsp3) is 0.611. The molecule has 9 nitrogen and oxygen atoms in total. The molecule has 2 aromatic rings. The smallest absolute Gasteiger partial charge is 0.281 e. The lowest BCUT2D eigenvalue weighted by atomic mass is 10.1. The number of nitrogens with zero attached hydrogens (tertiary/aromatic N) is 5. The van der Waals surface area contributed by atoms with Crippen molar-refractivity contribution in [3.8, 4) is 6.07 Å². The first kappa shape index (κ1) is 19.1. The molecule has 28 heavy (non-hydrogen) atoms. The van der Waals surface area contributed by atoms with Crippen LogP contribution >= 0.6 is 0 Å². The zero-order valence-electron chi connectivity index (χ0n) is 15.9. The maximum atomic E-state index is 13.0. The van der Waals surface area contributed by atoms with E-state index in [0.29, 0.717) is 26.1 Å². The quantitative estimate of drug-likeness (QED) is 0.724. The Labute approximate surface area is 164 Å². The number of nitrogens with one attached hydrogen (secondary N) is 2. The molecule has 2 fully saturated rings. The van der Waals surface area contributed by atoms with Crippen LogP contribution in [0.5, 0.6) is 0 Å². The normalized spacial score (nSPS) is 20.4. The molecule has 1 saturated carbocycles. The van der Waals surface area contributed by atoms with Gasteiger partial charge in [0, 0.05) is 25.8 Å². The summed E-state index contributed by atoms with van der Waals surface area (Å²) in [5, 5.41) is 10.3. The van der Waals surface area contributed by atoms with Crippen LogP contribution in [-0.2, 0) is 10.2 Å².